The van der Waals surface area contributed by atoms with Crippen LogP contribution in [0.4, 0.5) is 0 Å². The summed E-state index contributed by atoms with van der Waals surface area (Å²) in [5.74, 6) is -2.01. The number of carbonyl (C=O) groups is 2. The summed E-state index contributed by atoms with van der Waals surface area (Å²) in [5.41, 5.74) is 0. The van der Waals surface area contributed by atoms with Gasteiger partial charge in [-0.2, -0.15) is 8.42 Å². The van der Waals surface area contributed by atoms with Gasteiger partial charge in [-0.15, -0.1) is 0 Å². The van der Waals surface area contributed by atoms with E-state index in [0.29, 0.717) is 12.3 Å². The molecule has 0 amide bonds. The fourth-order valence-corrected chi connectivity index (χ4v) is 2.50. The summed E-state index contributed by atoms with van der Waals surface area (Å²) in [7, 11) is -4.81. The van der Waals surface area contributed by atoms with Crippen LogP contribution in [0.25, 0.3) is 0 Å². The van der Waals surface area contributed by atoms with Crippen LogP contribution in [0, 0.1) is 5.92 Å². The van der Waals surface area contributed by atoms with Gasteiger partial charge in [-0.25, -0.2) is 0 Å². The number of ether oxygens (including phenoxy) is 1. The lowest BCUT2D eigenvalue weighted by molar-refractivity contribution is -0.147. The van der Waals surface area contributed by atoms with Crippen LogP contribution in [0.2, 0.25) is 0 Å². The van der Waals surface area contributed by atoms with E-state index in [0.717, 1.165) is 19.3 Å². The minimum atomic E-state index is -4.81. The van der Waals surface area contributed by atoms with Crippen molar-refractivity contribution in [2.45, 2.75) is 64.0 Å². The van der Waals surface area contributed by atoms with E-state index in [4.69, 9.17) is 14.4 Å². The van der Waals surface area contributed by atoms with Crippen LogP contribution in [-0.2, 0) is 24.4 Å². The first-order valence-corrected chi connectivity index (χ1v) is 8.99. The number of unbranched alkanes of at least 4 members (excludes halogenated alkanes) is 4. The Hall–Kier alpha value is -1.15. The third-order valence-electron chi connectivity index (χ3n) is 3.18. The predicted molar refractivity (Wildman–Crippen MR) is 81.1 cm³/mol. The lowest BCUT2D eigenvalue weighted by atomic mass is 10.0. The molecule has 0 aliphatic carbocycles. The molecule has 1 atom stereocenters. The van der Waals surface area contributed by atoms with Crippen molar-refractivity contribution in [3.8, 4) is 0 Å². The molecule has 0 radical (unpaired) electrons. The molecule has 0 saturated heterocycles. The fraction of sp³-hybridized carbons (Fsp3) is 0.857. The van der Waals surface area contributed by atoms with Gasteiger partial charge >= 0.3 is 11.9 Å². The summed E-state index contributed by atoms with van der Waals surface area (Å²) in [6, 6.07) is 0. The minimum absolute atomic E-state index is 0.126. The van der Waals surface area contributed by atoms with Crippen molar-refractivity contribution in [1.82, 2.24) is 0 Å². The number of esters is 1. The average molecular weight is 338 g/mol. The van der Waals surface area contributed by atoms with Crippen LogP contribution in [-0.4, -0.2) is 41.9 Å². The molecule has 22 heavy (non-hydrogen) atoms. The summed E-state index contributed by atoms with van der Waals surface area (Å²) in [6.07, 6.45) is 5.18. The second kappa shape index (κ2) is 10.6. The van der Waals surface area contributed by atoms with E-state index in [1.165, 1.54) is 12.8 Å². The van der Waals surface area contributed by atoms with E-state index in [1.807, 2.05) is 0 Å². The smallest absolute Gasteiger partial charge is 0.325 e. The van der Waals surface area contributed by atoms with E-state index in [1.54, 1.807) is 0 Å². The summed E-state index contributed by atoms with van der Waals surface area (Å²) in [5, 5.41) is 6.47. The largest absolute Gasteiger partial charge is 0.480 e. The maximum absolute atomic E-state index is 11.4. The summed E-state index contributed by atoms with van der Waals surface area (Å²) < 4.78 is 35.1. The highest BCUT2D eigenvalue weighted by atomic mass is 32.2. The first-order valence-electron chi connectivity index (χ1n) is 7.49. The van der Waals surface area contributed by atoms with Gasteiger partial charge in [0.05, 0.1) is 13.0 Å². The van der Waals surface area contributed by atoms with Crippen molar-refractivity contribution < 1.29 is 32.4 Å². The molecule has 0 aromatic heterocycles. The number of aliphatic carboxylic acids is 1. The SMILES string of the molecule is CC(C)CCCCCCCOC(=O)C[C@@H](C(=O)O)S(=O)(=O)O. The molecule has 8 heteroatoms. The zero-order valence-corrected chi connectivity index (χ0v) is 14.0. The Labute approximate surface area is 131 Å². The molecule has 0 aliphatic rings. The molecule has 0 heterocycles. The van der Waals surface area contributed by atoms with Gasteiger partial charge in [-0.1, -0.05) is 46.0 Å². The van der Waals surface area contributed by atoms with Gasteiger partial charge < -0.3 is 9.84 Å². The van der Waals surface area contributed by atoms with Crippen LogP contribution in [0.3, 0.4) is 0 Å². The molecular weight excluding hydrogens is 312 g/mol. The molecule has 0 unspecified atom stereocenters. The predicted octanol–water partition coefficient (Wildman–Crippen LogP) is 2.26. The Bertz CT molecular complexity index is 442. The highest BCUT2D eigenvalue weighted by Gasteiger charge is 2.33. The van der Waals surface area contributed by atoms with E-state index >= 15 is 0 Å². The number of hydrogen-bond donors (Lipinski definition) is 2. The normalized spacial score (nSPS) is 13.1. The van der Waals surface area contributed by atoms with Gasteiger partial charge in [0, 0.05) is 0 Å². The van der Waals surface area contributed by atoms with Crippen LogP contribution >= 0.6 is 0 Å². The van der Waals surface area contributed by atoms with Crippen LogP contribution < -0.4 is 0 Å². The third kappa shape index (κ3) is 10.6. The zero-order valence-electron chi connectivity index (χ0n) is 13.2. The molecule has 0 spiro atoms. The highest BCUT2D eigenvalue weighted by molar-refractivity contribution is 7.87. The molecule has 0 aliphatic heterocycles. The highest BCUT2D eigenvalue weighted by Crippen LogP contribution is 2.11. The van der Waals surface area contributed by atoms with E-state index in [-0.39, 0.29) is 6.61 Å². The number of hydrogen-bond acceptors (Lipinski definition) is 5. The summed E-state index contributed by atoms with van der Waals surface area (Å²) in [4.78, 5) is 22.0. The molecule has 0 saturated carbocycles. The third-order valence-corrected chi connectivity index (χ3v) is 4.26. The van der Waals surface area contributed by atoms with Gasteiger partial charge in [0.2, 0.25) is 0 Å². The Balaban J connectivity index is 3.80. The summed E-state index contributed by atoms with van der Waals surface area (Å²) in [6.45, 7) is 4.48. The molecule has 0 fully saturated rings. The molecule has 7 nitrogen and oxygen atoms in total. The standard InChI is InChI=1S/C14H26O7S/c1-11(2)8-6-4-3-5-7-9-21-13(15)10-12(14(16)17)22(18,19)20/h11-12H,3-10H2,1-2H3,(H,16,17)(H,18,19,20)/t12-/m0/s1. The Morgan fingerprint density at radius 2 is 1.59 bits per heavy atom. The number of carboxylic acid groups (broad SMARTS) is 1. The number of rotatable bonds is 12. The van der Waals surface area contributed by atoms with E-state index in [9.17, 15) is 18.0 Å². The molecule has 2 N–H and O–H groups in total. The van der Waals surface area contributed by atoms with Gasteiger partial charge in [0.25, 0.3) is 10.1 Å². The quantitative estimate of drug-likeness (QED) is 0.318. The van der Waals surface area contributed by atoms with Crippen molar-refractivity contribution in [3.63, 3.8) is 0 Å². The van der Waals surface area contributed by atoms with Crippen LogP contribution in [0.1, 0.15) is 58.8 Å². The first-order chi connectivity index (χ1) is 10.1. The van der Waals surface area contributed by atoms with Crippen molar-refractivity contribution in [1.29, 1.82) is 0 Å². The second-order valence-corrected chi connectivity index (χ2v) is 7.32. The Kier molecular flexibility index (Phi) is 10.0. The molecule has 0 aromatic carbocycles. The number of carboxylic acids is 1. The average Bonchev–Trinajstić information content (AvgIpc) is 2.37. The van der Waals surface area contributed by atoms with Crippen molar-refractivity contribution in [2.75, 3.05) is 6.61 Å². The van der Waals surface area contributed by atoms with Crippen molar-refractivity contribution >= 4 is 22.1 Å². The van der Waals surface area contributed by atoms with Crippen LogP contribution in [0.5, 0.6) is 0 Å². The molecule has 130 valence electrons. The topological polar surface area (TPSA) is 118 Å². The van der Waals surface area contributed by atoms with Gasteiger partial charge in [-0.05, 0) is 12.3 Å². The zero-order chi connectivity index (χ0) is 17.2. The molecular formula is C14H26O7S. The molecule has 0 rings (SSSR count). The van der Waals surface area contributed by atoms with Gasteiger partial charge in [-0.3, -0.25) is 14.1 Å². The monoisotopic (exact) mass is 338 g/mol. The van der Waals surface area contributed by atoms with E-state index < -0.39 is 33.7 Å². The van der Waals surface area contributed by atoms with Gasteiger partial charge in [0.1, 0.15) is 0 Å². The first kappa shape index (κ1) is 20.9. The Morgan fingerprint density at radius 3 is 2.09 bits per heavy atom. The Morgan fingerprint density at radius 1 is 1.05 bits per heavy atom. The fourth-order valence-electron chi connectivity index (χ4n) is 1.90. The van der Waals surface area contributed by atoms with Crippen molar-refractivity contribution in [2.24, 2.45) is 5.92 Å². The van der Waals surface area contributed by atoms with Crippen LogP contribution in [0.15, 0.2) is 0 Å². The van der Waals surface area contributed by atoms with Crippen molar-refractivity contribution in [3.05, 3.63) is 0 Å². The minimum Gasteiger partial charge on any atom is -0.480 e. The lowest BCUT2D eigenvalue weighted by Crippen LogP contribution is -2.32. The molecule has 0 aromatic rings. The van der Waals surface area contributed by atoms with E-state index in [2.05, 4.69) is 13.8 Å². The number of carbonyl (C=O) groups excluding carboxylic acids is 1. The second-order valence-electron chi connectivity index (χ2n) is 5.72. The van der Waals surface area contributed by atoms with Gasteiger partial charge in [0.15, 0.2) is 5.25 Å². The maximum Gasteiger partial charge on any atom is 0.325 e. The lowest BCUT2D eigenvalue weighted by Gasteiger charge is -2.09. The summed E-state index contributed by atoms with van der Waals surface area (Å²) >= 11 is 0. The molecule has 0 bridgehead atoms. The maximum atomic E-state index is 11.4.